The van der Waals surface area contributed by atoms with Crippen LogP contribution in [0.5, 0.6) is 0 Å². The van der Waals surface area contributed by atoms with Crippen LogP contribution in [0.1, 0.15) is 31.0 Å². The molecular weight excluding hydrogens is 315 g/mol. The molecule has 106 valence electrons. The number of hydrogen-bond acceptors (Lipinski definition) is 3. The second-order valence-corrected chi connectivity index (χ2v) is 6.45. The lowest BCUT2D eigenvalue weighted by atomic mass is 10.1. The second kappa shape index (κ2) is 6.66. The van der Waals surface area contributed by atoms with Crippen LogP contribution in [0.4, 0.5) is 0 Å². The van der Waals surface area contributed by atoms with Gasteiger partial charge in [-0.1, -0.05) is 54.9 Å². The zero-order chi connectivity index (χ0) is 14.7. The van der Waals surface area contributed by atoms with E-state index in [1.165, 1.54) is 17.8 Å². The van der Waals surface area contributed by atoms with Crippen LogP contribution in [-0.2, 0) is 5.75 Å². The first kappa shape index (κ1) is 15.4. The molecule has 0 saturated heterocycles. The summed E-state index contributed by atoms with van der Waals surface area (Å²) >= 11 is 13.3. The van der Waals surface area contributed by atoms with E-state index in [1.54, 1.807) is 6.07 Å². The molecular formula is C14H14Cl2N2OS. The van der Waals surface area contributed by atoms with Crippen molar-refractivity contribution in [3.05, 3.63) is 55.9 Å². The van der Waals surface area contributed by atoms with Gasteiger partial charge in [0, 0.05) is 11.8 Å². The topological polar surface area (TPSA) is 45.8 Å². The van der Waals surface area contributed by atoms with Crippen LogP contribution in [-0.4, -0.2) is 9.97 Å². The first-order valence-electron chi connectivity index (χ1n) is 6.13. The number of H-pyrrole nitrogens is 1. The molecule has 2 rings (SSSR count). The highest BCUT2D eigenvalue weighted by Gasteiger charge is 2.06. The number of nitrogens with one attached hydrogen (secondary N) is 1. The van der Waals surface area contributed by atoms with Gasteiger partial charge in [0.1, 0.15) is 0 Å². The van der Waals surface area contributed by atoms with Crippen molar-refractivity contribution in [2.45, 2.75) is 30.7 Å². The maximum Gasteiger partial charge on any atom is 0.251 e. The molecule has 3 nitrogen and oxygen atoms in total. The summed E-state index contributed by atoms with van der Waals surface area (Å²) in [4.78, 5) is 18.8. The number of nitrogens with zero attached hydrogens (tertiary/aromatic N) is 1. The van der Waals surface area contributed by atoms with E-state index in [-0.39, 0.29) is 11.5 Å². The van der Waals surface area contributed by atoms with Crippen LogP contribution < -0.4 is 5.56 Å². The molecule has 6 heteroatoms. The average Bonchev–Trinajstić information content (AvgIpc) is 2.39. The van der Waals surface area contributed by atoms with Gasteiger partial charge in [0.05, 0.1) is 15.7 Å². The standard InChI is InChI=1S/C14H14Cl2N2OS/c1-8(2)12-6-13(19)18-14(17-12)20-7-9-3-4-10(15)11(16)5-9/h3-6,8H,7H2,1-2H3,(H,17,18,19). The molecule has 0 aliphatic rings. The molecule has 1 N–H and O–H groups in total. The minimum atomic E-state index is -0.125. The Morgan fingerprint density at radius 3 is 2.65 bits per heavy atom. The summed E-state index contributed by atoms with van der Waals surface area (Å²) in [6, 6.07) is 7.03. The van der Waals surface area contributed by atoms with Crippen LogP contribution in [0.25, 0.3) is 0 Å². The zero-order valence-corrected chi connectivity index (χ0v) is 13.4. The van der Waals surface area contributed by atoms with Crippen molar-refractivity contribution in [3.63, 3.8) is 0 Å². The van der Waals surface area contributed by atoms with Crippen molar-refractivity contribution in [2.75, 3.05) is 0 Å². The monoisotopic (exact) mass is 328 g/mol. The molecule has 0 aliphatic carbocycles. The van der Waals surface area contributed by atoms with Gasteiger partial charge in [-0.15, -0.1) is 0 Å². The summed E-state index contributed by atoms with van der Waals surface area (Å²) < 4.78 is 0. The third kappa shape index (κ3) is 4.01. The summed E-state index contributed by atoms with van der Waals surface area (Å²) in [5.41, 5.74) is 1.70. The maximum atomic E-state index is 11.6. The highest BCUT2D eigenvalue weighted by atomic mass is 35.5. The number of aromatic amines is 1. The molecule has 1 aromatic carbocycles. The van der Waals surface area contributed by atoms with Crippen LogP contribution in [0.2, 0.25) is 10.0 Å². The van der Waals surface area contributed by atoms with E-state index in [0.717, 1.165) is 11.3 Å². The fraction of sp³-hybridized carbons (Fsp3) is 0.286. The number of thioether (sulfide) groups is 1. The largest absolute Gasteiger partial charge is 0.301 e. The van der Waals surface area contributed by atoms with E-state index in [4.69, 9.17) is 23.2 Å². The number of halogens is 2. The molecule has 0 radical (unpaired) electrons. The Hall–Kier alpha value is -0.970. The predicted molar refractivity (Wildman–Crippen MR) is 85.0 cm³/mol. The normalized spacial score (nSPS) is 11.1. The lowest BCUT2D eigenvalue weighted by molar-refractivity contribution is 0.769. The molecule has 0 atom stereocenters. The Morgan fingerprint density at radius 1 is 1.25 bits per heavy atom. The number of benzene rings is 1. The van der Waals surface area contributed by atoms with Gasteiger partial charge in [0.15, 0.2) is 5.16 Å². The minimum Gasteiger partial charge on any atom is -0.301 e. The van der Waals surface area contributed by atoms with E-state index in [1.807, 2.05) is 26.0 Å². The highest BCUT2D eigenvalue weighted by molar-refractivity contribution is 7.98. The van der Waals surface area contributed by atoms with Gasteiger partial charge >= 0.3 is 0 Å². The van der Waals surface area contributed by atoms with Gasteiger partial charge in [0.25, 0.3) is 5.56 Å². The SMILES string of the molecule is CC(C)c1cc(=O)[nH]c(SCc2ccc(Cl)c(Cl)c2)n1. The van der Waals surface area contributed by atoms with Crippen molar-refractivity contribution in [2.24, 2.45) is 0 Å². The Morgan fingerprint density at radius 2 is 2.00 bits per heavy atom. The maximum absolute atomic E-state index is 11.6. The van der Waals surface area contributed by atoms with E-state index >= 15 is 0 Å². The number of rotatable bonds is 4. The Bertz CT molecular complexity index is 670. The zero-order valence-electron chi connectivity index (χ0n) is 11.1. The summed E-state index contributed by atoms with van der Waals surface area (Å²) in [5.74, 6) is 0.892. The minimum absolute atomic E-state index is 0.125. The van der Waals surface area contributed by atoms with E-state index in [0.29, 0.717) is 21.0 Å². The number of aromatic nitrogens is 2. The highest BCUT2D eigenvalue weighted by Crippen LogP contribution is 2.26. The van der Waals surface area contributed by atoms with Crippen molar-refractivity contribution < 1.29 is 0 Å². The Kier molecular flexibility index (Phi) is 5.13. The summed E-state index contributed by atoms with van der Waals surface area (Å²) in [6.45, 7) is 4.02. The van der Waals surface area contributed by atoms with E-state index < -0.39 is 0 Å². The fourth-order valence-electron chi connectivity index (χ4n) is 1.60. The van der Waals surface area contributed by atoms with Crippen molar-refractivity contribution in [1.29, 1.82) is 0 Å². The molecule has 0 unspecified atom stereocenters. The van der Waals surface area contributed by atoms with E-state index in [2.05, 4.69) is 9.97 Å². The molecule has 1 aromatic heterocycles. The molecule has 2 aromatic rings. The first-order chi connectivity index (χ1) is 9.45. The van der Waals surface area contributed by atoms with Gasteiger partial charge < -0.3 is 4.98 Å². The third-order valence-corrected chi connectivity index (χ3v) is 4.37. The molecule has 1 heterocycles. The lowest BCUT2D eigenvalue weighted by Gasteiger charge is -2.07. The van der Waals surface area contributed by atoms with Crippen molar-refractivity contribution >= 4 is 35.0 Å². The smallest absolute Gasteiger partial charge is 0.251 e. The van der Waals surface area contributed by atoms with Gasteiger partial charge in [-0.25, -0.2) is 4.98 Å². The molecule has 0 spiro atoms. The van der Waals surface area contributed by atoms with Gasteiger partial charge in [0.2, 0.25) is 0 Å². The first-order valence-corrected chi connectivity index (χ1v) is 7.88. The van der Waals surface area contributed by atoms with Crippen LogP contribution in [0, 0.1) is 0 Å². The summed E-state index contributed by atoms with van der Waals surface area (Å²) in [7, 11) is 0. The van der Waals surface area contributed by atoms with Crippen LogP contribution in [0.3, 0.4) is 0 Å². The van der Waals surface area contributed by atoms with Gasteiger partial charge in [-0.05, 0) is 23.6 Å². The van der Waals surface area contributed by atoms with Crippen LogP contribution in [0.15, 0.2) is 34.2 Å². The molecule has 0 aliphatic heterocycles. The van der Waals surface area contributed by atoms with Crippen molar-refractivity contribution in [3.8, 4) is 0 Å². The molecule has 20 heavy (non-hydrogen) atoms. The third-order valence-electron chi connectivity index (χ3n) is 2.69. The Balaban J connectivity index is 2.14. The summed E-state index contributed by atoms with van der Waals surface area (Å²) in [5, 5.41) is 1.68. The molecule has 0 amide bonds. The van der Waals surface area contributed by atoms with Gasteiger partial charge in [-0.2, -0.15) is 0 Å². The summed E-state index contributed by atoms with van der Waals surface area (Å²) in [6.07, 6.45) is 0. The van der Waals surface area contributed by atoms with Crippen LogP contribution >= 0.6 is 35.0 Å². The Labute approximate surface area is 131 Å². The predicted octanol–water partition coefficient (Wildman–Crippen LogP) is 4.49. The average molecular weight is 329 g/mol. The second-order valence-electron chi connectivity index (χ2n) is 4.67. The number of hydrogen-bond donors (Lipinski definition) is 1. The quantitative estimate of drug-likeness (QED) is 0.664. The molecule has 0 saturated carbocycles. The van der Waals surface area contributed by atoms with Crippen molar-refractivity contribution in [1.82, 2.24) is 9.97 Å². The van der Waals surface area contributed by atoms with Gasteiger partial charge in [-0.3, -0.25) is 4.79 Å². The lowest BCUT2D eigenvalue weighted by Crippen LogP contribution is -2.10. The van der Waals surface area contributed by atoms with E-state index in [9.17, 15) is 4.79 Å². The fourth-order valence-corrected chi connectivity index (χ4v) is 2.74. The molecule has 0 bridgehead atoms. The molecule has 0 fully saturated rings.